The van der Waals surface area contributed by atoms with Crippen molar-refractivity contribution in [2.45, 2.75) is 28.7 Å². The van der Waals surface area contributed by atoms with Crippen LogP contribution in [0.25, 0.3) is 21.9 Å². The number of hydrogen-bond donors (Lipinski definition) is 0. The highest BCUT2D eigenvalue weighted by molar-refractivity contribution is 5.95. The number of benzene rings is 4. The molecular formula is C30H34O4. The molecule has 0 fully saturated rings. The van der Waals surface area contributed by atoms with Crippen LogP contribution in [0.5, 0.6) is 11.5 Å². The Kier molecular flexibility index (Phi) is 10.7. The topological polar surface area (TPSA) is 52.6 Å². The first-order valence-electron chi connectivity index (χ1n) is 10.3. The molecule has 0 spiro atoms. The lowest BCUT2D eigenvalue weighted by Crippen LogP contribution is -1.91. The van der Waals surface area contributed by atoms with Gasteiger partial charge in [-0.15, -0.1) is 0 Å². The third kappa shape index (κ3) is 7.04. The first kappa shape index (κ1) is 28.1. The highest BCUT2D eigenvalue weighted by Crippen LogP contribution is 2.27. The molecule has 0 saturated heterocycles. The first-order valence-corrected chi connectivity index (χ1v) is 10.3. The van der Waals surface area contributed by atoms with Crippen molar-refractivity contribution in [3.05, 3.63) is 96.1 Å². The third-order valence-electron chi connectivity index (χ3n) is 5.17. The molecule has 4 aromatic carbocycles. The Bertz CT molecular complexity index is 1220. The van der Waals surface area contributed by atoms with E-state index in [0.29, 0.717) is 5.56 Å². The molecule has 4 rings (SSSR count). The van der Waals surface area contributed by atoms with Crippen LogP contribution in [0.3, 0.4) is 0 Å². The fourth-order valence-corrected chi connectivity index (χ4v) is 3.25. The summed E-state index contributed by atoms with van der Waals surface area (Å²) in [5.74, 6) is 1.80. The van der Waals surface area contributed by atoms with Gasteiger partial charge in [-0.05, 0) is 78.2 Å². The number of hydrogen-bond acceptors (Lipinski definition) is 4. The van der Waals surface area contributed by atoms with Gasteiger partial charge in [0.15, 0.2) is 11.6 Å². The molecule has 0 amide bonds. The van der Waals surface area contributed by atoms with Crippen molar-refractivity contribution in [1.29, 1.82) is 0 Å². The van der Waals surface area contributed by atoms with E-state index in [2.05, 4.69) is 24.3 Å². The number of ether oxygens (including phenoxy) is 2. The second kappa shape index (κ2) is 12.9. The Labute approximate surface area is 203 Å². The number of fused-ring (bicyclic) bond motifs is 1. The molecule has 34 heavy (non-hydrogen) atoms. The van der Waals surface area contributed by atoms with E-state index >= 15 is 0 Å². The van der Waals surface area contributed by atoms with Crippen LogP contribution >= 0.6 is 0 Å². The summed E-state index contributed by atoms with van der Waals surface area (Å²) in [4.78, 5) is 22.1. The van der Waals surface area contributed by atoms with Crippen LogP contribution < -0.4 is 9.47 Å². The molecule has 0 saturated carbocycles. The van der Waals surface area contributed by atoms with Crippen LogP contribution in [0.1, 0.15) is 49.4 Å². The van der Waals surface area contributed by atoms with Crippen molar-refractivity contribution in [3.63, 3.8) is 0 Å². The molecule has 0 heterocycles. The molecule has 0 atom stereocenters. The molecule has 0 aromatic heterocycles. The van der Waals surface area contributed by atoms with Gasteiger partial charge in [0.2, 0.25) is 0 Å². The second-order valence-corrected chi connectivity index (χ2v) is 7.35. The maximum atomic E-state index is 11.3. The van der Waals surface area contributed by atoms with E-state index in [1.54, 1.807) is 52.3 Å². The minimum absolute atomic E-state index is 0. The van der Waals surface area contributed by atoms with Crippen LogP contribution in [0.2, 0.25) is 0 Å². The highest BCUT2D eigenvalue weighted by atomic mass is 16.5. The summed E-state index contributed by atoms with van der Waals surface area (Å²) >= 11 is 0. The minimum atomic E-state index is 0. The Hall–Kier alpha value is -3.92. The fourth-order valence-electron chi connectivity index (χ4n) is 3.25. The molecule has 4 aromatic rings. The Balaban J connectivity index is 0.000000382. The summed E-state index contributed by atoms with van der Waals surface area (Å²) in [6.07, 6.45) is 0. The average Bonchev–Trinajstić information content (AvgIpc) is 2.83. The van der Waals surface area contributed by atoms with E-state index in [1.165, 1.54) is 5.39 Å². The van der Waals surface area contributed by atoms with Crippen LogP contribution in [0.15, 0.2) is 84.9 Å². The van der Waals surface area contributed by atoms with Gasteiger partial charge >= 0.3 is 0 Å². The number of rotatable bonds is 5. The third-order valence-corrected chi connectivity index (χ3v) is 5.17. The molecule has 0 N–H and O–H groups in total. The zero-order chi connectivity index (χ0) is 23.1. The predicted octanol–water partition coefficient (Wildman–Crippen LogP) is 7.89. The van der Waals surface area contributed by atoms with Gasteiger partial charge in [-0.25, -0.2) is 0 Å². The molecule has 0 aliphatic rings. The molecule has 4 nitrogen and oxygen atoms in total. The van der Waals surface area contributed by atoms with E-state index in [0.717, 1.165) is 33.6 Å². The SMILES string of the molecule is C.C.COc1ccc(C(C)=O)cc1.COc1ccc2cc(-c3ccc(C(C)=O)cc3)ccc2c1. The molecular weight excluding hydrogens is 424 g/mol. The normalized spacial score (nSPS) is 9.53. The van der Waals surface area contributed by atoms with Crippen molar-refractivity contribution in [3.8, 4) is 22.6 Å². The zero-order valence-electron chi connectivity index (χ0n) is 18.7. The van der Waals surface area contributed by atoms with Crippen LogP contribution in [-0.2, 0) is 0 Å². The predicted molar refractivity (Wildman–Crippen MR) is 142 cm³/mol. The molecule has 0 radical (unpaired) electrons. The van der Waals surface area contributed by atoms with Gasteiger partial charge in [-0.3, -0.25) is 9.59 Å². The Morgan fingerprint density at radius 3 is 1.44 bits per heavy atom. The van der Waals surface area contributed by atoms with E-state index < -0.39 is 0 Å². The smallest absolute Gasteiger partial charge is 0.159 e. The summed E-state index contributed by atoms with van der Waals surface area (Å²) in [5, 5.41) is 2.32. The van der Waals surface area contributed by atoms with Gasteiger partial charge in [0.25, 0.3) is 0 Å². The number of carbonyl (C=O) groups excluding carboxylic acids is 2. The lowest BCUT2D eigenvalue weighted by molar-refractivity contribution is 0.100. The van der Waals surface area contributed by atoms with Crippen LogP contribution in [0, 0.1) is 0 Å². The van der Waals surface area contributed by atoms with E-state index in [9.17, 15) is 9.59 Å². The molecule has 0 unspecified atom stereocenters. The molecule has 178 valence electrons. The summed E-state index contributed by atoms with van der Waals surface area (Å²) in [6.45, 7) is 3.13. The monoisotopic (exact) mass is 458 g/mol. The quantitative estimate of drug-likeness (QED) is 0.285. The standard InChI is InChI=1S/C19H16O2.C9H10O2.2CH4/c1-13(20)14-3-5-15(6-4-14)16-7-8-18-12-19(21-2)10-9-17(18)11-16;1-7(10)8-3-5-9(11-2)6-4-8;;/h3-12H,1-2H3;3-6H,1-2H3;2*1H4. The Morgan fingerprint density at radius 1 is 0.529 bits per heavy atom. The van der Waals surface area contributed by atoms with Crippen molar-refractivity contribution >= 4 is 22.3 Å². The van der Waals surface area contributed by atoms with Gasteiger partial charge in [-0.2, -0.15) is 0 Å². The zero-order valence-corrected chi connectivity index (χ0v) is 18.7. The fraction of sp³-hybridized carbons (Fsp3) is 0.200. The molecule has 0 bridgehead atoms. The number of Topliss-reactive ketones (excluding diaryl/α,β-unsaturated/α-hetero) is 2. The van der Waals surface area contributed by atoms with Gasteiger partial charge in [0.05, 0.1) is 14.2 Å². The maximum absolute atomic E-state index is 11.3. The van der Waals surface area contributed by atoms with E-state index in [4.69, 9.17) is 9.47 Å². The molecule has 4 heteroatoms. The Morgan fingerprint density at radius 2 is 0.941 bits per heavy atom. The average molecular weight is 459 g/mol. The van der Waals surface area contributed by atoms with Crippen molar-refractivity contribution in [2.75, 3.05) is 14.2 Å². The van der Waals surface area contributed by atoms with Crippen LogP contribution in [0.4, 0.5) is 0 Å². The summed E-state index contributed by atoms with van der Waals surface area (Å²) < 4.78 is 10.2. The number of ketones is 2. The van der Waals surface area contributed by atoms with Crippen molar-refractivity contribution < 1.29 is 19.1 Å². The van der Waals surface area contributed by atoms with Gasteiger partial charge < -0.3 is 9.47 Å². The largest absolute Gasteiger partial charge is 0.497 e. The second-order valence-electron chi connectivity index (χ2n) is 7.35. The van der Waals surface area contributed by atoms with Crippen molar-refractivity contribution in [2.24, 2.45) is 0 Å². The highest BCUT2D eigenvalue weighted by Gasteiger charge is 2.03. The summed E-state index contributed by atoms with van der Waals surface area (Å²) in [5.41, 5.74) is 3.70. The lowest BCUT2D eigenvalue weighted by Gasteiger charge is -2.06. The van der Waals surface area contributed by atoms with Gasteiger partial charge in [-0.1, -0.05) is 57.3 Å². The van der Waals surface area contributed by atoms with Gasteiger partial charge in [0, 0.05) is 11.1 Å². The van der Waals surface area contributed by atoms with Crippen LogP contribution in [-0.4, -0.2) is 25.8 Å². The minimum Gasteiger partial charge on any atom is -0.497 e. The van der Waals surface area contributed by atoms with E-state index in [-0.39, 0.29) is 26.4 Å². The number of methoxy groups -OCH3 is 2. The first-order chi connectivity index (χ1) is 15.4. The number of carbonyl (C=O) groups is 2. The van der Waals surface area contributed by atoms with E-state index in [1.807, 2.05) is 36.4 Å². The maximum Gasteiger partial charge on any atom is 0.159 e. The summed E-state index contributed by atoms with van der Waals surface area (Å²) in [6, 6.07) is 27.1. The summed E-state index contributed by atoms with van der Waals surface area (Å²) in [7, 11) is 3.27. The van der Waals surface area contributed by atoms with Gasteiger partial charge in [0.1, 0.15) is 11.5 Å². The lowest BCUT2D eigenvalue weighted by atomic mass is 9.99. The van der Waals surface area contributed by atoms with Crippen molar-refractivity contribution in [1.82, 2.24) is 0 Å². The molecule has 0 aliphatic carbocycles. The molecule has 0 aliphatic heterocycles.